The first-order chi connectivity index (χ1) is 4.33. The molecule has 48 valence electrons. The van der Waals surface area contributed by atoms with Crippen molar-refractivity contribution in [3.63, 3.8) is 0 Å². The topological polar surface area (TPSA) is 0 Å². The Hall–Kier alpha value is 0.180. The molecule has 0 amide bonds. The van der Waals surface area contributed by atoms with E-state index in [1.807, 2.05) is 12.1 Å². The van der Waals surface area contributed by atoms with Crippen LogP contribution in [0.25, 0.3) is 0 Å². The second kappa shape index (κ2) is 3.37. The predicted octanol–water partition coefficient (Wildman–Crippen LogP) is 3.34. The zero-order valence-electron chi connectivity index (χ0n) is 4.77. The monoisotopic (exact) mass is 250 g/mol. The summed E-state index contributed by atoms with van der Waals surface area (Å²) < 4.78 is 1.13. The van der Waals surface area contributed by atoms with Crippen LogP contribution in [-0.4, -0.2) is 0 Å². The maximum atomic E-state index is 3.37. The van der Waals surface area contributed by atoms with E-state index >= 15 is 0 Å². The third kappa shape index (κ3) is 2.11. The quantitative estimate of drug-likeness (QED) is 0.672. The third-order valence-electron chi connectivity index (χ3n) is 1.07. The lowest BCUT2D eigenvalue weighted by Gasteiger charge is -1.92. The number of alkyl halides is 1. The lowest BCUT2D eigenvalue weighted by atomic mass is 10.3. The van der Waals surface area contributed by atoms with E-state index < -0.39 is 0 Å². The van der Waals surface area contributed by atoms with Gasteiger partial charge in [0.15, 0.2) is 0 Å². The molecule has 0 bridgehead atoms. The van der Waals surface area contributed by atoms with Gasteiger partial charge in [-0.15, -0.1) is 0 Å². The van der Waals surface area contributed by atoms with E-state index in [4.69, 9.17) is 0 Å². The van der Waals surface area contributed by atoms with Crippen LogP contribution in [0.2, 0.25) is 0 Å². The maximum Gasteiger partial charge on any atom is 0.0283 e. The van der Waals surface area contributed by atoms with E-state index in [1.165, 1.54) is 5.56 Å². The molecule has 0 fully saturated rings. The minimum Gasteiger partial charge on any atom is -0.0876 e. The number of hydrogen-bond acceptors (Lipinski definition) is 0. The second-order valence-electron chi connectivity index (χ2n) is 1.76. The fourth-order valence-corrected chi connectivity index (χ4v) is 1.21. The Morgan fingerprint density at radius 2 is 1.67 bits per heavy atom. The van der Waals surface area contributed by atoms with Crippen LogP contribution >= 0.6 is 31.9 Å². The number of halogens is 2. The molecule has 0 N–H and O–H groups in total. The lowest BCUT2D eigenvalue weighted by Crippen LogP contribution is -1.73. The van der Waals surface area contributed by atoms with Crippen LogP contribution in [0, 0.1) is 0 Å². The van der Waals surface area contributed by atoms with Crippen molar-refractivity contribution in [2.75, 3.05) is 0 Å². The van der Waals surface area contributed by atoms with Gasteiger partial charge in [0.25, 0.3) is 0 Å². The molecular weight excluding hydrogens is 246 g/mol. The Bertz CT molecular complexity index is 179. The van der Waals surface area contributed by atoms with Crippen molar-refractivity contribution in [2.45, 2.75) is 5.33 Å². The highest BCUT2D eigenvalue weighted by atomic mass is 79.9. The van der Waals surface area contributed by atoms with Crippen molar-refractivity contribution in [2.24, 2.45) is 0 Å². The average molecular weight is 252 g/mol. The van der Waals surface area contributed by atoms with Crippen LogP contribution < -0.4 is 0 Å². The summed E-state index contributed by atoms with van der Waals surface area (Å²) in [6.07, 6.45) is 0. The van der Waals surface area contributed by atoms with Gasteiger partial charge in [-0.05, 0) is 17.7 Å². The molecule has 0 unspecified atom stereocenters. The van der Waals surface area contributed by atoms with Gasteiger partial charge in [-0.1, -0.05) is 44.0 Å². The van der Waals surface area contributed by atoms with Crippen molar-refractivity contribution >= 4 is 31.9 Å². The van der Waals surface area contributed by atoms with Crippen molar-refractivity contribution in [1.29, 1.82) is 0 Å². The Labute approximate surface area is 71.5 Å². The first-order valence-electron chi connectivity index (χ1n) is 2.63. The van der Waals surface area contributed by atoms with E-state index in [0.29, 0.717) is 0 Å². The maximum absolute atomic E-state index is 3.37. The van der Waals surface area contributed by atoms with Gasteiger partial charge in [-0.2, -0.15) is 0 Å². The zero-order chi connectivity index (χ0) is 6.69. The summed E-state index contributed by atoms with van der Waals surface area (Å²) in [7, 11) is 0. The van der Waals surface area contributed by atoms with Gasteiger partial charge in [0.1, 0.15) is 0 Å². The normalized spacial score (nSPS) is 9.56. The molecule has 0 radical (unpaired) electrons. The summed E-state index contributed by atoms with van der Waals surface area (Å²) in [6.45, 7) is 0. The van der Waals surface area contributed by atoms with Crippen molar-refractivity contribution in [3.05, 3.63) is 34.3 Å². The molecule has 1 rings (SSSR count). The molecule has 0 saturated heterocycles. The molecule has 0 aliphatic carbocycles. The number of hydrogen-bond donors (Lipinski definition) is 0. The summed E-state index contributed by atoms with van der Waals surface area (Å²) in [5.74, 6) is 0. The summed E-state index contributed by atoms with van der Waals surface area (Å²) in [5.41, 5.74) is 1.30. The minimum atomic E-state index is 0.931. The molecule has 1 aromatic rings. The van der Waals surface area contributed by atoms with Gasteiger partial charge in [-0.3, -0.25) is 0 Å². The summed E-state index contributed by atoms with van der Waals surface area (Å²) in [4.78, 5) is 0. The summed E-state index contributed by atoms with van der Waals surface area (Å²) in [6, 6.07) is 8.24. The minimum absolute atomic E-state index is 0.931. The molecule has 0 saturated carbocycles. The molecule has 0 aliphatic rings. The van der Waals surface area contributed by atoms with E-state index in [0.717, 1.165) is 9.80 Å². The van der Waals surface area contributed by atoms with Crippen LogP contribution in [0.4, 0.5) is 0 Å². The molecule has 2 heteroatoms. The van der Waals surface area contributed by atoms with Crippen molar-refractivity contribution < 1.29 is 0 Å². The Balaban J connectivity index is 2.88. The molecule has 0 spiro atoms. The van der Waals surface area contributed by atoms with Gasteiger partial charge >= 0.3 is 0 Å². The van der Waals surface area contributed by atoms with Gasteiger partial charge in [0.2, 0.25) is 0 Å². The predicted molar refractivity (Wildman–Crippen MR) is 46.8 cm³/mol. The number of rotatable bonds is 1. The van der Waals surface area contributed by atoms with Crippen LogP contribution in [0.5, 0.6) is 0 Å². The highest BCUT2D eigenvalue weighted by molar-refractivity contribution is 9.10. The van der Waals surface area contributed by atoms with Crippen LogP contribution in [-0.2, 0) is 5.33 Å². The smallest absolute Gasteiger partial charge is 0.0283 e. The third-order valence-corrected chi connectivity index (χ3v) is 2.24. The van der Waals surface area contributed by atoms with E-state index in [-0.39, 0.29) is 0 Å². The van der Waals surface area contributed by atoms with Gasteiger partial charge in [0.05, 0.1) is 0 Å². The standard InChI is InChI=1S/C7H6Br2/c8-5-6-1-3-7(9)4-2-6/h1-4H,5H2/i5+2. The highest BCUT2D eigenvalue weighted by Crippen LogP contribution is 2.11. The Morgan fingerprint density at radius 3 is 2.11 bits per heavy atom. The zero-order valence-corrected chi connectivity index (χ0v) is 7.94. The van der Waals surface area contributed by atoms with Crippen molar-refractivity contribution in [3.8, 4) is 0 Å². The van der Waals surface area contributed by atoms with Crippen LogP contribution in [0.15, 0.2) is 28.7 Å². The summed E-state index contributed by atoms with van der Waals surface area (Å²) in [5, 5.41) is 0.931. The molecule has 0 aliphatic heterocycles. The molecule has 0 nitrogen and oxygen atoms in total. The SMILES string of the molecule is Br[14CH2]c1ccc(Br)cc1. The van der Waals surface area contributed by atoms with Gasteiger partial charge < -0.3 is 0 Å². The fourth-order valence-electron chi connectivity index (χ4n) is 0.573. The fraction of sp³-hybridized carbons (Fsp3) is 0.143. The average Bonchev–Trinajstić information content (AvgIpc) is 1.90. The second-order valence-corrected chi connectivity index (χ2v) is 3.24. The molecular formula is C7H6Br2. The first kappa shape index (κ1) is 7.29. The van der Waals surface area contributed by atoms with Crippen molar-refractivity contribution in [1.82, 2.24) is 0 Å². The van der Waals surface area contributed by atoms with E-state index in [2.05, 4.69) is 44.0 Å². The number of benzene rings is 1. The molecule has 0 atom stereocenters. The Kier molecular flexibility index (Phi) is 2.73. The van der Waals surface area contributed by atoms with E-state index in [1.54, 1.807) is 0 Å². The van der Waals surface area contributed by atoms with E-state index in [9.17, 15) is 0 Å². The molecule has 0 heterocycles. The van der Waals surface area contributed by atoms with Gasteiger partial charge in [-0.25, -0.2) is 0 Å². The molecule has 0 aromatic heterocycles. The largest absolute Gasteiger partial charge is 0.0876 e. The Morgan fingerprint density at radius 1 is 1.11 bits per heavy atom. The van der Waals surface area contributed by atoms with Crippen LogP contribution in [0.3, 0.4) is 0 Å². The van der Waals surface area contributed by atoms with Gasteiger partial charge in [0, 0.05) is 9.80 Å². The highest BCUT2D eigenvalue weighted by Gasteiger charge is 1.86. The first-order valence-corrected chi connectivity index (χ1v) is 4.55. The van der Waals surface area contributed by atoms with Crippen LogP contribution in [0.1, 0.15) is 5.56 Å². The molecule has 9 heavy (non-hydrogen) atoms. The molecule has 1 aromatic carbocycles. The summed E-state index contributed by atoms with van der Waals surface area (Å²) >= 11 is 6.73. The lowest BCUT2D eigenvalue weighted by molar-refractivity contribution is 1.43.